The number of aryl methyl sites for hydroxylation is 3. The van der Waals surface area contributed by atoms with Crippen LogP contribution in [-0.4, -0.2) is 10.2 Å². The van der Waals surface area contributed by atoms with Gasteiger partial charge in [0, 0.05) is 5.56 Å². The van der Waals surface area contributed by atoms with Crippen molar-refractivity contribution in [2.75, 3.05) is 5.73 Å². The molecule has 3 N–H and O–H groups in total. The first kappa shape index (κ1) is 9.77. The smallest absolute Gasteiger partial charge is 0.126 e. The minimum atomic E-state index is 0.626. The quantitative estimate of drug-likeness (QED) is 0.745. The van der Waals surface area contributed by atoms with Crippen LogP contribution in [0.1, 0.15) is 16.7 Å². The molecular weight excluding hydrogens is 186 g/mol. The maximum Gasteiger partial charge on any atom is 0.126 e. The third-order valence-corrected chi connectivity index (χ3v) is 2.80. The number of benzene rings is 1. The number of aromatic amines is 1. The summed E-state index contributed by atoms with van der Waals surface area (Å²) in [5.74, 6) is 0.626. The van der Waals surface area contributed by atoms with Crippen LogP contribution in [0, 0.1) is 20.8 Å². The van der Waals surface area contributed by atoms with Crippen molar-refractivity contribution in [2.24, 2.45) is 0 Å². The lowest BCUT2D eigenvalue weighted by molar-refractivity contribution is 1.10. The van der Waals surface area contributed by atoms with Crippen molar-refractivity contribution in [3.63, 3.8) is 0 Å². The zero-order valence-electron chi connectivity index (χ0n) is 9.26. The molecule has 15 heavy (non-hydrogen) atoms. The van der Waals surface area contributed by atoms with Gasteiger partial charge in [0.15, 0.2) is 0 Å². The zero-order valence-corrected chi connectivity index (χ0v) is 9.26. The van der Waals surface area contributed by atoms with E-state index in [0.29, 0.717) is 5.82 Å². The Morgan fingerprint density at radius 3 is 2.27 bits per heavy atom. The van der Waals surface area contributed by atoms with Gasteiger partial charge in [-0.25, -0.2) is 0 Å². The number of nitrogens with two attached hydrogens (primary N) is 1. The van der Waals surface area contributed by atoms with Gasteiger partial charge < -0.3 is 5.73 Å². The van der Waals surface area contributed by atoms with Crippen molar-refractivity contribution >= 4 is 5.82 Å². The molecule has 3 nitrogen and oxygen atoms in total. The number of nitrogen functional groups attached to an aromatic ring is 1. The van der Waals surface area contributed by atoms with Crippen LogP contribution < -0.4 is 5.73 Å². The number of nitrogens with zero attached hydrogens (tertiary/aromatic N) is 1. The summed E-state index contributed by atoms with van der Waals surface area (Å²) in [4.78, 5) is 0. The Hall–Kier alpha value is -1.77. The highest BCUT2D eigenvalue weighted by Gasteiger charge is 2.08. The Morgan fingerprint density at radius 2 is 1.67 bits per heavy atom. The molecule has 3 heteroatoms. The summed E-state index contributed by atoms with van der Waals surface area (Å²) < 4.78 is 0. The summed E-state index contributed by atoms with van der Waals surface area (Å²) in [5.41, 5.74) is 11.8. The lowest BCUT2D eigenvalue weighted by Crippen LogP contribution is -1.92. The Bertz CT molecular complexity index is 498. The minimum absolute atomic E-state index is 0.626. The summed E-state index contributed by atoms with van der Waals surface area (Å²) in [7, 11) is 0. The monoisotopic (exact) mass is 201 g/mol. The van der Waals surface area contributed by atoms with Gasteiger partial charge in [-0.2, -0.15) is 5.10 Å². The summed E-state index contributed by atoms with van der Waals surface area (Å²) in [6.45, 7) is 6.31. The minimum Gasteiger partial charge on any atom is -0.384 e. The molecule has 1 aromatic carbocycles. The molecule has 0 spiro atoms. The summed E-state index contributed by atoms with van der Waals surface area (Å²) in [6, 6.07) is 4.34. The number of hydrogen-bond acceptors (Lipinski definition) is 2. The highest BCUT2D eigenvalue weighted by molar-refractivity contribution is 5.76. The lowest BCUT2D eigenvalue weighted by atomic mass is 9.97. The average Bonchev–Trinajstić information content (AvgIpc) is 2.58. The molecule has 0 saturated heterocycles. The molecule has 78 valence electrons. The third kappa shape index (κ3) is 1.61. The molecule has 2 aromatic rings. The van der Waals surface area contributed by atoms with E-state index in [-0.39, 0.29) is 0 Å². The van der Waals surface area contributed by atoms with Crippen LogP contribution in [-0.2, 0) is 0 Å². The molecule has 1 aromatic heterocycles. The summed E-state index contributed by atoms with van der Waals surface area (Å²) in [6.07, 6.45) is 1.77. The highest BCUT2D eigenvalue weighted by atomic mass is 15.1. The van der Waals surface area contributed by atoms with Crippen LogP contribution in [0.2, 0.25) is 0 Å². The number of hydrogen-bond donors (Lipinski definition) is 2. The molecular formula is C12H15N3. The number of aromatic nitrogens is 2. The maximum atomic E-state index is 5.81. The number of anilines is 1. The van der Waals surface area contributed by atoms with Crippen molar-refractivity contribution in [1.82, 2.24) is 10.2 Å². The first-order chi connectivity index (χ1) is 7.09. The number of nitrogens with one attached hydrogen (secondary N) is 1. The molecule has 0 aliphatic heterocycles. The van der Waals surface area contributed by atoms with E-state index in [0.717, 1.165) is 11.1 Å². The standard InChI is InChI=1S/C12H15N3/c1-7-4-9(3)10(5-8(7)2)11-6-14-15-12(11)13/h4-6H,1-3H3,(H3,13,14,15). The SMILES string of the molecule is Cc1cc(C)c(-c2cn[nH]c2N)cc1C. The van der Waals surface area contributed by atoms with Gasteiger partial charge in [0.2, 0.25) is 0 Å². The van der Waals surface area contributed by atoms with E-state index < -0.39 is 0 Å². The van der Waals surface area contributed by atoms with Gasteiger partial charge >= 0.3 is 0 Å². The molecule has 0 amide bonds. The van der Waals surface area contributed by atoms with E-state index in [2.05, 4.69) is 43.1 Å². The van der Waals surface area contributed by atoms with Gasteiger partial charge in [-0.1, -0.05) is 12.1 Å². The summed E-state index contributed by atoms with van der Waals surface area (Å²) in [5, 5.41) is 6.70. The Kier molecular flexibility index (Phi) is 2.23. The normalized spacial score (nSPS) is 10.6. The van der Waals surface area contributed by atoms with Crippen LogP contribution in [0.25, 0.3) is 11.1 Å². The first-order valence-electron chi connectivity index (χ1n) is 4.96. The van der Waals surface area contributed by atoms with Crippen LogP contribution in [0.15, 0.2) is 18.3 Å². The van der Waals surface area contributed by atoms with E-state index in [9.17, 15) is 0 Å². The van der Waals surface area contributed by atoms with Gasteiger partial charge in [-0.05, 0) is 43.0 Å². The molecule has 0 aliphatic carbocycles. The fraction of sp³-hybridized carbons (Fsp3) is 0.250. The van der Waals surface area contributed by atoms with Crippen molar-refractivity contribution in [2.45, 2.75) is 20.8 Å². The van der Waals surface area contributed by atoms with Gasteiger partial charge in [-0.3, -0.25) is 5.10 Å². The fourth-order valence-electron chi connectivity index (χ4n) is 1.76. The summed E-state index contributed by atoms with van der Waals surface area (Å²) >= 11 is 0. The fourth-order valence-corrected chi connectivity index (χ4v) is 1.76. The molecule has 1 heterocycles. The van der Waals surface area contributed by atoms with E-state index in [1.54, 1.807) is 6.20 Å². The van der Waals surface area contributed by atoms with Crippen molar-refractivity contribution in [3.05, 3.63) is 35.0 Å². The van der Waals surface area contributed by atoms with Gasteiger partial charge in [0.25, 0.3) is 0 Å². The highest BCUT2D eigenvalue weighted by Crippen LogP contribution is 2.29. The van der Waals surface area contributed by atoms with Gasteiger partial charge in [-0.15, -0.1) is 0 Å². The first-order valence-corrected chi connectivity index (χ1v) is 4.96. The molecule has 0 aliphatic rings. The Balaban J connectivity index is 2.64. The molecule has 0 unspecified atom stereocenters. The van der Waals surface area contributed by atoms with Crippen LogP contribution in [0.5, 0.6) is 0 Å². The Labute approximate surface area is 89.3 Å². The second-order valence-electron chi connectivity index (χ2n) is 3.95. The average molecular weight is 201 g/mol. The molecule has 0 saturated carbocycles. The van der Waals surface area contributed by atoms with Gasteiger partial charge in [0.1, 0.15) is 5.82 Å². The zero-order chi connectivity index (χ0) is 11.0. The predicted octanol–water partition coefficient (Wildman–Crippen LogP) is 2.58. The van der Waals surface area contributed by atoms with Crippen LogP contribution in [0.3, 0.4) is 0 Å². The third-order valence-electron chi connectivity index (χ3n) is 2.80. The van der Waals surface area contributed by atoms with E-state index in [4.69, 9.17) is 5.73 Å². The van der Waals surface area contributed by atoms with Crippen molar-refractivity contribution in [1.29, 1.82) is 0 Å². The van der Waals surface area contributed by atoms with E-state index in [1.807, 2.05) is 0 Å². The van der Waals surface area contributed by atoms with Gasteiger partial charge in [0.05, 0.1) is 6.20 Å². The molecule has 0 fully saturated rings. The van der Waals surface area contributed by atoms with Crippen molar-refractivity contribution in [3.8, 4) is 11.1 Å². The maximum absolute atomic E-state index is 5.81. The topological polar surface area (TPSA) is 54.7 Å². The Morgan fingerprint density at radius 1 is 1.00 bits per heavy atom. The second-order valence-corrected chi connectivity index (χ2v) is 3.95. The molecule has 0 bridgehead atoms. The number of rotatable bonds is 1. The second kappa shape index (κ2) is 3.42. The lowest BCUT2D eigenvalue weighted by Gasteiger charge is -2.08. The largest absolute Gasteiger partial charge is 0.384 e. The van der Waals surface area contributed by atoms with Crippen LogP contribution >= 0.6 is 0 Å². The van der Waals surface area contributed by atoms with E-state index >= 15 is 0 Å². The number of H-pyrrole nitrogens is 1. The molecule has 0 radical (unpaired) electrons. The van der Waals surface area contributed by atoms with E-state index in [1.165, 1.54) is 16.7 Å². The molecule has 0 atom stereocenters. The predicted molar refractivity (Wildman–Crippen MR) is 62.6 cm³/mol. The van der Waals surface area contributed by atoms with Crippen molar-refractivity contribution < 1.29 is 0 Å². The molecule has 2 rings (SSSR count). The van der Waals surface area contributed by atoms with Crippen LogP contribution in [0.4, 0.5) is 5.82 Å².